The number of hydrogen-bond donors (Lipinski definition) is 0. The molecule has 5 heteroatoms. The van der Waals surface area contributed by atoms with Crippen molar-refractivity contribution >= 4 is 31.9 Å². The molecule has 0 aromatic carbocycles. The van der Waals surface area contributed by atoms with Crippen molar-refractivity contribution in [3.63, 3.8) is 0 Å². The molecule has 1 rings (SSSR count). The van der Waals surface area contributed by atoms with Gasteiger partial charge in [0.15, 0.2) is 0 Å². The fourth-order valence-corrected chi connectivity index (χ4v) is 2.78. The summed E-state index contributed by atoms with van der Waals surface area (Å²) >= 11 is 7.00. The van der Waals surface area contributed by atoms with Crippen LogP contribution in [0.4, 0.5) is 0 Å². The smallest absolute Gasteiger partial charge is 0.138 e. The van der Waals surface area contributed by atoms with Crippen LogP contribution in [-0.4, -0.2) is 25.4 Å². The van der Waals surface area contributed by atoms with Crippen molar-refractivity contribution in [2.45, 2.75) is 26.3 Å². The van der Waals surface area contributed by atoms with Crippen LogP contribution >= 0.6 is 31.9 Å². The molecule has 0 fully saturated rings. The van der Waals surface area contributed by atoms with Gasteiger partial charge in [-0.2, -0.15) is 5.10 Å². The van der Waals surface area contributed by atoms with Crippen LogP contribution in [0.2, 0.25) is 0 Å². The SMILES string of the molecule is CCCn1ncnc1CC(CBr)CBr. The molecule has 0 radical (unpaired) electrons. The molecule has 0 spiro atoms. The first kappa shape index (κ1) is 12.2. The van der Waals surface area contributed by atoms with Gasteiger partial charge in [0.25, 0.3) is 0 Å². The molecule has 3 nitrogen and oxygen atoms in total. The molecule has 1 aromatic rings. The average Bonchev–Trinajstić information content (AvgIpc) is 2.62. The molecule has 0 unspecified atom stereocenters. The Balaban J connectivity index is 2.60. The summed E-state index contributed by atoms with van der Waals surface area (Å²) < 4.78 is 2.00. The maximum atomic E-state index is 4.28. The fourth-order valence-electron chi connectivity index (χ4n) is 1.25. The van der Waals surface area contributed by atoms with E-state index in [-0.39, 0.29) is 0 Å². The van der Waals surface area contributed by atoms with Crippen LogP contribution in [0.25, 0.3) is 0 Å². The van der Waals surface area contributed by atoms with Crippen LogP contribution < -0.4 is 0 Å². The van der Waals surface area contributed by atoms with E-state index in [0.29, 0.717) is 5.92 Å². The van der Waals surface area contributed by atoms with Gasteiger partial charge >= 0.3 is 0 Å². The molecule has 0 atom stereocenters. The number of nitrogens with zero attached hydrogens (tertiary/aromatic N) is 3. The first-order chi connectivity index (χ1) is 6.81. The third kappa shape index (κ3) is 3.35. The molecular formula is C9H15Br2N3. The van der Waals surface area contributed by atoms with E-state index in [9.17, 15) is 0 Å². The molecule has 0 N–H and O–H groups in total. The summed E-state index contributed by atoms with van der Waals surface area (Å²) in [6, 6.07) is 0. The molecule has 0 aliphatic heterocycles. The highest BCUT2D eigenvalue weighted by molar-refractivity contribution is 9.09. The van der Waals surface area contributed by atoms with Gasteiger partial charge in [-0.3, -0.25) is 4.68 Å². The van der Waals surface area contributed by atoms with Gasteiger partial charge in [-0.15, -0.1) is 0 Å². The molecule has 0 aliphatic rings. The largest absolute Gasteiger partial charge is 0.250 e. The van der Waals surface area contributed by atoms with Gasteiger partial charge in [-0.25, -0.2) is 4.98 Å². The number of aromatic nitrogens is 3. The molecule has 1 heterocycles. The lowest BCUT2D eigenvalue weighted by molar-refractivity contribution is 0.537. The normalized spacial score (nSPS) is 11.1. The van der Waals surface area contributed by atoms with Gasteiger partial charge in [-0.05, 0) is 12.3 Å². The summed E-state index contributed by atoms with van der Waals surface area (Å²) in [6.45, 7) is 3.12. The van der Waals surface area contributed by atoms with E-state index in [4.69, 9.17) is 0 Å². The minimum absolute atomic E-state index is 0.592. The molecule has 1 aromatic heterocycles. The quantitative estimate of drug-likeness (QED) is 0.753. The van der Waals surface area contributed by atoms with Gasteiger partial charge in [-0.1, -0.05) is 38.8 Å². The van der Waals surface area contributed by atoms with Crippen molar-refractivity contribution in [3.8, 4) is 0 Å². The van der Waals surface area contributed by atoms with Crippen molar-refractivity contribution in [1.29, 1.82) is 0 Å². The molecule has 0 aliphatic carbocycles. The van der Waals surface area contributed by atoms with E-state index >= 15 is 0 Å². The number of hydrogen-bond acceptors (Lipinski definition) is 2. The van der Waals surface area contributed by atoms with Crippen molar-refractivity contribution in [2.75, 3.05) is 10.7 Å². The summed E-state index contributed by atoms with van der Waals surface area (Å²) in [4.78, 5) is 4.28. The van der Waals surface area contributed by atoms with Crippen LogP contribution in [0.5, 0.6) is 0 Å². The maximum absolute atomic E-state index is 4.28. The Morgan fingerprint density at radius 3 is 2.71 bits per heavy atom. The van der Waals surface area contributed by atoms with Gasteiger partial charge in [0.2, 0.25) is 0 Å². The number of rotatable bonds is 6. The Bertz CT molecular complexity index is 258. The molecule has 0 amide bonds. The van der Waals surface area contributed by atoms with Gasteiger partial charge in [0, 0.05) is 23.6 Å². The summed E-state index contributed by atoms with van der Waals surface area (Å²) in [5.41, 5.74) is 0. The number of alkyl halides is 2. The van der Waals surface area contributed by atoms with Crippen LogP contribution in [-0.2, 0) is 13.0 Å². The van der Waals surface area contributed by atoms with Crippen LogP contribution in [0.3, 0.4) is 0 Å². The second-order valence-electron chi connectivity index (χ2n) is 3.28. The second-order valence-corrected chi connectivity index (χ2v) is 4.57. The van der Waals surface area contributed by atoms with Gasteiger partial charge in [0.1, 0.15) is 12.2 Å². The van der Waals surface area contributed by atoms with Crippen LogP contribution in [0.15, 0.2) is 6.33 Å². The summed E-state index contributed by atoms with van der Waals surface area (Å²) in [5, 5.41) is 6.20. The third-order valence-corrected chi connectivity index (χ3v) is 3.87. The van der Waals surface area contributed by atoms with Crippen molar-refractivity contribution in [2.24, 2.45) is 5.92 Å². The minimum Gasteiger partial charge on any atom is -0.250 e. The molecule has 0 bridgehead atoms. The maximum Gasteiger partial charge on any atom is 0.138 e. The Kier molecular flexibility index (Phi) is 5.70. The van der Waals surface area contributed by atoms with E-state index in [1.54, 1.807) is 6.33 Å². The first-order valence-electron chi connectivity index (χ1n) is 4.80. The van der Waals surface area contributed by atoms with Crippen LogP contribution in [0, 0.1) is 5.92 Å². The third-order valence-electron chi connectivity index (χ3n) is 2.04. The van der Waals surface area contributed by atoms with Crippen molar-refractivity contribution in [3.05, 3.63) is 12.2 Å². The average molecular weight is 325 g/mol. The zero-order valence-corrected chi connectivity index (χ0v) is 11.5. The number of aryl methyl sites for hydroxylation is 1. The topological polar surface area (TPSA) is 30.7 Å². The Hall–Kier alpha value is 0.100. The molecule has 0 saturated heterocycles. The standard InChI is InChI=1S/C9H15Br2N3/c1-2-3-14-9(12-7-13-14)4-8(5-10)6-11/h7-8H,2-6H2,1H3. The predicted octanol–water partition coefficient (Wildman–Crippen LogP) is 2.64. The van der Waals surface area contributed by atoms with E-state index in [1.807, 2.05) is 4.68 Å². The second kappa shape index (κ2) is 6.56. The molecular weight excluding hydrogens is 310 g/mol. The Morgan fingerprint density at radius 2 is 2.14 bits per heavy atom. The van der Waals surface area contributed by atoms with Crippen LogP contribution in [0.1, 0.15) is 19.2 Å². The molecule has 0 saturated carbocycles. The first-order valence-corrected chi connectivity index (χ1v) is 7.04. The monoisotopic (exact) mass is 323 g/mol. The van der Waals surface area contributed by atoms with Gasteiger partial charge < -0.3 is 0 Å². The zero-order chi connectivity index (χ0) is 10.4. The summed E-state index contributed by atoms with van der Waals surface area (Å²) in [5.74, 6) is 1.69. The van der Waals surface area contributed by atoms with Crippen molar-refractivity contribution < 1.29 is 0 Å². The zero-order valence-electron chi connectivity index (χ0n) is 8.29. The highest BCUT2D eigenvalue weighted by atomic mass is 79.9. The summed E-state index contributed by atoms with van der Waals surface area (Å²) in [6.07, 6.45) is 3.73. The highest BCUT2D eigenvalue weighted by Crippen LogP contribution is 2.12. The lowest BCUT2D eigenvalue weighted by Gasteiger charge is -2.10. The van der Waals surface area contributed by atoms with Crippen molar-refractivity contribution in [1.82, 2.24) is 14.8 Å². The van der Waals surface area contributed by atoms with Gasteiger partial charge in [0.05, 0.1) is 0 Å². The Morgan fingerprint density at radius 1 is 1.43 bits per heavy atom. The highest BCUT2D eigenvalue weighted by Gasteiger charge is 2.11. The Labute approximate surface area is 102 Å². The van der Waals surface area contributed by atoms with E-state index in [0.717, 1.165) is 35.9 Å². The molecule has 14 heavy (non-hydrogen) atoms. The van der Waals surface area contributed by atoms with E-state index < -0.39 is 0 Å². The predicted molar refractivity (Wildman–Crippen MR) is 65.1 cm³/mol. The molecule has 80 valence electrons. The van der Waals surface area contributed by atoms with E-state index in [2.05, 4.69) is 48.9 Å². The lowest BCUT2D eigenvalue weighted by atomic mass is 10.1. The minimum atomic E-state index is 0.592. The number of halogens is 2. The lowest BCUT2D eigenvalue weighted by Crippen LogP contribution is -2.13. The summed E-state index contributed by atoms with van der Waals surface area (Å²) in [7, 11) is 0. The van der Waals surface area contributed by atoms with E-state index in [1.165, 1.54) is 0 Å². The fraction of sp³-hybridized carbons (Fsp3) is 0.778.